The van der Waals surface area contributed by atoms with Crippen molar-refractivity contribution in [1.29, 1.82) is 0 Å². The average Bonchev–Trinajstić information content (AvgIpc) is 2.82. The summed E-state index contributed by atoms with van der Waals surface area (Å²) in [7, 11) is 1.66. The molecular weight excluding hydrogens is 447 g/mol. The predicted octanol–water partition coefficient (Wildman–Crippen LogP) is 6.31. The Balaban J connectivity index is 1.54. The molecule has 0 N–H and O–H groups in total. The molecule has 0 unspecified atom stereocenters. The summed E-state index contributed by atoms with van der Waals surface area (Å²) in [5.41, 5.74) is 1.62. The molecule has 0 aliphatic carbocycles. The minimum Gasteiger partial charge on any atom is -0.497 e. The first kappa shape index (κ1) is 24.5. The molecule has 2 aromatic carbocycles. The molecule has 1 aliphatic rings. The number of rotatable bonds is 10. The topological polar surface area (TPSA) is 42.0 Å². The molecule has 174 valence electrons. The number of benzene rings is 2. The number of unbranched alkanes of at least 4 members (excludes halogenated alkanes) is 4. The highest BCUT2D eigenvalue weighted by Crippen LogP contribution is 2.35. The number of amides is 1. The molecular formula is C25H32Cl2N2O3. The number of methoxy groups -OCH3 is 1. The third-order valence-electron chi connectivity index (χ3n) is 5.74. The Hall–Kier alpha value is -2.11. The predicted molar refractivity (Wildman–Crippen MR) is 132 cm³/mol. The second-order valence-corrected chi connectivity index (χ2v) is 8.82. The zero-order valence-corrected chi connectivity index (χ0v) is 20.4. The van der Waals surface area contributed by atoms with Gasteiger partial charge in [-0.05, 0) is 42.8 Å². The van der Waals surface area contributed by atoms with Crippen molar-refractivity contribution in [3.8, 4) is 11.5 Å². The Labute approximate surface area is 201 Å². The molecule has 5 nitrogen and oxygen atoms in total. The lowest BCUT2D eigenvalue weighted by atomic mass is 10.1. The van der Waals surface area contributed by atoms with Gasteiger partial charge in [-0.1, -0.05) is 55.8 Å². The van der Waals surface area contributed by atoms with Crippen molar-refractivity contribution in [1.82, 2.24) is 4.90 Å². The van der Waals surface area contributed by atoms with Crippen LogP contribution in [0.3, 0.4) is 0 Å². The molecule has 0 atom stereocenters. The summed E-state index contributed by atoms with van der Waals surface area (Å²) in [5.74, 6) is 1.24. The fraction of sp³-hybridized carbons (Fsp3) is 0.480. The number of halogens is 2. The van der Waals surface area contributed by atoms with E-state index in [1.165, 1.54) is 19.3 Å². The molecule has 1 aliphatic heterocycles. The van der Waals surface area contributed by atoms with Crippen molar-refractivity contribution in [2.75, 3.05) is 44.8 Å². The standard InChI is InChI=1S/C25H32Cl2N2O3/c1-3-4-5-6-7-16-32-24-22(26)17-19(18-23(24)27)25(30)29-14-12-28(13-15-29)20-8-10-21(31-2)11-9-20/h8-11,17-18H,3-7,12-16H2,1-2H3. The fourth-order valence-corrected chi connectivity index (χ4v) is 4.44. The van der Waals surface area contributed by atoms with E-state index in [0.717, 1.165) is 37.4 Å². The third kappa shape index (κ3) is 6.46. The maximum absolute atomic E-state index is 13.0. The van der Waals surface area contributed by atoms with Crippen LogP contribution in [0.2, 0.25) is 10.0 Å². The normalized spacial score (nSPS) is 13.9. The Kier molecular flexibility index (Phi) is 9.36. The van der Waals surface area contributed by atoms with E-state index in [1.54, 1.807) is 19.2 Å². The van der Waals surface area contributed by atoms with Gasteiger partial charge in [-0.25, -0.2) is 0 Å². The van der Waals surface area contributed by atoms with Gasteiger partial charge in [-0.15, -0.1) is 0 Å². The van der Waals surface area contributed by atoms with Crippen LogP contribution in [0.4, 0.5) is 5.69 Å². The molecule has 32 heavy (non-hydrogen) atoms. The van der Waals surface area contributed by atoms with Gasteiger partial charge in [0.15, 0.2) is 5.75 Å². The first-order chi connectivity index (χ1) is 15.5. The molecule has 3 rings (SSSR count). The number of hydrogen-bond donors (Lipinski definition) is 0. The zero-order valence-electron chi connectivity index (χ0n) is 18.9. The minimum absolute atomic E-state index is 0.0608. The van der Waals surface area contributed by atoms with Crippen LogP contribution in [0.5, 0.6) is 11.5 Å². The highest BCUT2D eigenvalue weighted by Gasteiger charge is 2.24. The second-order valence-electron chi connectivity index (χ2n) is 8.01. The van der Waals surface area contributed by atoms with E-state index in [0.29, 0.717) is 41.1 Å². The summed E-state index contributed by atoms with van der Waals surface area (Å²) in [6.07, 6.45) is 5.76. The van der Waals surface area contributed by atoms with E-state index in [1.807, 2.05) is 29.2 Å². The summed E-state index contributed by atoms with van der Waals surface area (Å²) >= 11 is 12.8. The quantitative estimate of drug-likeness (QED) is 0.375. The molecule has 0 aromatic heterocycles. The summed E-state index contributed by atoms with van der Waals surface area (Å²) in [6.45, 7) is 5.56. The van der Waals surface area contributed by atoms with Gasteiger partial charge in [0.25, 0.3) is 5.91 Å². The van der Waals surface area contributed by atoms with E-state index in [-0.39, 0.29) is 5.91 Å². The van der Waals surface area contributed by atoms with Crippen LogP contribution in [-0.4, -0.2) is 50.7 Å². The van der Waals surface area contributed by atoms with Gasteiger partial charge in [-0.3, -0.25) is 4.79 Å². The molecule has 0 radical (unpaired) electrons. The Morgan fingerprint density at radius 1 is 0.938 bits per heavy atom. The first-order valence-corrected chi connectivity index (χ1v) is 12.1. The van der Waals surface area contributed by atoms with E-state index in [4.69, 9.17) is 32.7 Å². The monoisotopic (exact) mass is 478 g/mol. The van der Waals surface area contributed by atoms with Crippen molar-refractivity contribution in [2.24, 2.45) is 0 Å². The number of carbonyl (C=O) groups excluding carboxylic acids is 1. The lowest BCUT2D eigenvalue weighted by Gasteiger charge is -2.36. The molecule has 2 aromatic rings. The van der Waals surface area contributed by atoms with Crippen LogP contribution in [0.15, 0.2) is 36.4 Å². The molecule has 1 fully saturated rings. The Morgan fingerprint density at radius 2 is 1.56 bits per heavy atom. The van der Waals surface area contributed by atoms with Crippen molar-refractivity contribution < 1.29 is 14.3 Å². The summed E-state index contributed by atoms with van der Waals surface area (Å²) in [4.78, 5) is 17.1. The molecule has 0 bridgehead atoms. The minimum atomic E-state index is -0.0608. The molecule has 1 heterocycles. The SMILES string of the molecule is CCCCCCCOc1c(Cl)cc(C(=O)N2CCN(c3ccc(OC)cc3)CC2)cc1Cl. The van der Waals surface area contributed by atoms with Gasteiger partial charge in [0.1, 0.15) is 5.75 Å². The fourth-order valence-electron chi connectivity index (χ4n) is 3.84. The number of ether oxygens (including phenoxy) is 2. The molecule has 0 saturated carbocycles. The first-order valence-electron chi connectivity index (χ1n) is 11.3. The van der Waals surface area contributed by atoms with E-state index in [9.17, 15) is 4.79 Å². The third-order valence-corrected chi connectivity index (χ3v) is 6.31. The van der Waals surface area contributed by atoms with Crippen LogP contribution in [0.1, 0.15) is 49.4 Å². The average molecular weight is 479 g/mol. The Morgan fingerprint density at radius 3 is 2.16 bits per heavy atom. The van der Waals surface area contributed by atoms with Crippen molar-refractivity contribution >= 4 is 34.8 Å². The van der Waals surface area contributed by atoms with E-state index < -0.39 is 0 Å². The molecule has 1 saturated heterocycles. The number of piperazine rings is 1. The van der Waals surface area contributed by atoms with Crippen LogP contribution < -0.4 is 14.4 Å². The van der Waals surface area contributed by atoms with Gasteiger partial charge in [0, 0.05) is 37.4 Å². The summed E-state index contributed by atoms with van der Waals surface area (Å²) in [6, 6.07) is 11.3. The van der Waals surface area contributed by atoms with Gasteiger partial charge in [-0.2, -0.15) is 0 Å². The van der Waals surface area contributed by atoms with E-state index >= 15 is 0 Å². The highest BCUT2D eigenvalue weighted by molar-refractivity contribution is 6.37. The van der Waals surface area contributed by atoms with Crippen LogP contribution in [0, 0.1) is 0 Å². The van der Waals surface area contributed by atoms with Gasteiger partial charge in [0.2, 0.25) is 0 Å². The van der Waals surface area contributed by atoms with E-state index in [2.05, 4.69) is 11.8 Å². The van der Waals surface area contributed by atoms with Crippen molar-refractivity contribution in [2.45, 2.75) is 39.0 Å². The molecule has 0 spiro atoms. The summed E-state index contributed by atoms with van der Waals surface area (Å²) in [5, 5.41) is 0.762. The van der Waals surface area contributed by atoms with Crippen molar-refractivity contribution in [3.05, 3.63) is 52.0 Å². The van der Waals surface area contributed by atoms with Crippen LogP contribution >= 0.6 is 23.2 Å². The van der Waals surface area contributed by atoms with Gasteiger partial charge >= 0.3 is 0 Å². The van der Waals surface area contributed by atoms with Crippen molar-refractivity contribution in [3.63, 3.8) is 0 Å². The maximum Gasteiger partial charge on any atom is 0.254 e. The lowest BCUT2D eigenvalue weighted by molar-refractivity contribution is 0.0746. The van der Waals surface area contributed by atoms with Gasteiger partial charge < -0.3 is 19.3 Å². The Bertz CT molecular complexity index is 858. The molecule has 1 amide bonds. The number of hydrogen-bond acceptors (Lipinski definition) is 4. The second kappa shape index (κ2) is 12.2. The zero-order chi connectivity index (χ0) is 22.9. The number of anilines is 1. The lowest BCUT2D eigenvalue weighted by Crippen LogP contribution is -2.48. The molecule has 7 heteroatoms. The number of nitrogens with zero attached hydrogens (tertiary/aromatic N) is 2. The van der Waals surface area contributed by atoms with Gasteiger partial charge in [0.05, 0.1) is 23.8 Å². The number of carbonyl (C=O) groups is 1. The smallest absolute Gasteiger partial charge is 0.254 e. The maximum atomic E-state index is 13.0. The largest absolute Gasteiger partial charge is 0.497 e. The van der Waals surface area contributed by atoms with Crippen LogP contribution in [0.25, 0.3) is 0 Å². The van der Waals surface area contributed by atoms with Crippen LogP contribution in [-0.2, 0) is 0 Å². The highest BCUT2D eigenvalue weighted by atomic mass is 35.5. The summed E-state index contributed by atoms with van der Waals surface area (Å²) < 4.78 is 11.0.